The number of urea groups is 1. The zero-order valence-corrected chi connectivity index (χ0v) is 18.0. The van der Waals surface area contributed by atoms with Crippen LogP contribution in [-0.4, -0.2) is 44.8 Å². The minimum absolute atomic E-state index is 0.0278. The lowest BCUT2D eigenvalue weighted by Crippen LogP contribution is -2.32. The van der Waals surface area contributed by atoms with Gasteiger partial charge in [0.05, 0.1) is 18.4 Å². The predicted octanol–water partition coefficient (Wildman–Crippen LogP) is 2.43. The zero-order chi connectivity index (χ0) is 23.3. The van der Waals surface area contributed by atoms with Crippen LogP contribution in [0.5, 0.6) is 5.88 Å². The van der Waals surface area contributed by atoms with Gasteiger partial charge in [-0.15, -0.1) is 4.36 Å². The quantitative estimate of drug-likeness (QED) is 0.702. The second-order valence-corrected chi connectivity index (χ2v) is 9.25. The first-order valence-corrected chi connectivity index (χ1v) is 11.3. The molecular formula is C18H21F3N6O4S. The number of hydrogen-bond acceptors (Lipinski definition) is 6. The van der Waals surface area contributed by atoms with Gasteiger partial charge < -0.3 is 14.8 Å². The molecule has 0 spiro atoms. The largest absolute Gasteiger partial charge is 0.474 e. The molecule has 3 heterocycles. The number of nitrogens with zero attached hydrogens (tertiary/aromatic N) is 4. The van der Waals surface area contributed by atoms with Crippen LogP contribution in [0.2, 0.25) is 0 Å². The molecule has 14 heteroatoms. The van der Waals surface area contributed by atoms with Crippen molar-refractivity contribution in [3.05, 3.63) is 28.7 Å². The number of nitrogens with one attached hydrogen (secondary N) is 1. The maximum Gasteiger partial charge on any atom is 0.433 e. The first kappa shape index (κ1) is 22.5. The molecule has 0 unspecified atom stereocenters. The van der Waals surface area contributed by atoms with E-state index in [1.54, 1.807) is 0 Å². The van der Waals surface area contributed by atoms with Gasteiger partial charge in [0.2, 0.25) is 5.88 Å². The molecule has 3 N–H and O–H groups in total. The van der Waals surface area contributed by atoms with Crippen molar-refractivity contribution < 1.29 is 31.6 Å². The molecule has 4 rings (SSSR count). The topological polar surface area (TPSA) is 134 Å². The van der Waals surface area contributed by atoms with Crippen LogP contribution in [0.15, 0.2) is 15.5 Å². The highest BCUT2D eigenvalue weighted by Gasteiger charge is 2.38. The van der Waals surface area contributed by atoms with Crippen LogP contribution in [0.3, 0.4) is 0 Å². The minimum Gasteiger partial charge on any atom is -0.474 e. The number of aromatic nitrogens is 3. The summed E-state index contributed by atoms with van der Waals surface area (Å²) in [5.74, 6) is 0.0997. The summed E-state index contributed by atoms with van der Waals surface area (Å²) >= 11 is 0. The van der Waals surface area contributed by atoms with Gasteiger partial charge in [0.15, 0.2) is 9.92 Å². The number of ether oxygens (including phenoxy) is 2. The highest BCUT2D eigenvalue weighted by molar-refractivity contribution is 7.91. The summed E-state index contributed by atoms with van der Waals surface area (Å²) in [6.45, 7) is 1.72. The fourth-order valence-corrected chi connectivity index (χ4v) is 4.83. The van der Waals surface area contributed by atoms with E-state index in [1.807, 2.05) is 0 Å². The van der Waals surface area contributed by atoms with Crippen molar-refractivity contribution in [2.45, 2.75) is 49.9 Å². The summed E-state index contributed by atoms with van der Waals surface area (Å²) in [6, 6.07) is -1.14. The number of fused-ring (bicyclic) bond motifs is 2. The third-order valence-corrected chi connectivity index (χ3v) is 6.72. The number of aryl methyl sites for hydroxylation is 1. The van der Waals surface area contributed by atoms with Gasteiger partial charge in [0.25, 0.3) is 0 Å². The number of alkyl halides is 3. The summed E-state index contributed by atoms with van der Waals surface area (Å²) < 4.78 is 68.9. The molecule has 0 saturated carbocycles. The number of amides is 2. The van der Waals surface area contributed by atoms with Crippen LogP contribution in [0.1, 0.15) is 28.9 Å². The van der Waals surface area contributed by atoms with Gasteiger partial charge in [-0.25, -0.2) is 23.8 Å². The lowest BCUT2D eigenvalue weighted by molar-refractivity contribution is -0.141. The van der Waals surface area contributed by atoms with Crippen molar-refractivity contribution in [1.29, 1.82) is 0 Å². The van der Waals surface area contributed by atoms with Gasteiger partial charge in [-0.2, -0.15) is 18.3 Å². The molecule has 0 bridgehead atoms. The van der Waals surface area contributed by atoms with Gasteiger partial charge >= 0.3 is 12.2 Å². The molecule has 0 saturated heterocycles. The number of carbonyl (C=O) groups is 1. The molecule has 1 aliphatic heterocycles. The molecule has 174 valence electrons. The number of anilines is 1. The Hall–Kier alpha value is -2.71. The molecular weight excluding hydrogens is 453 g/mol. The van der Waals surface area contributed by atoms with Crippen LogP contribution in [0, 0.1) is 6.92 Å². The number of carbonyl (C=O) groups excluding carboxylic acids is 1. The van der Waals surface area contributed by atoms with Crippen molar-refractivity contribution in [2.75, 3.05) is 19.0 Å². The highest BCUT2D eigenvalue weighted by atomic mass is 32.2. The predicted molar refractivity (Wildman–Crippen MR) is 107 cm³/mol. The van der Waals surface area contributed by atoms with Crippen LogP contribution in [0.25, 0.3) is 0 Å². The van der Waals surface area contributed by atoms with E-state index in [1.165, 1.54) is 24.9 Å². The molecule has 32 heavy (non-hydrogen) atoms. The van der Waals surface area contributed by atoms with Gasteiger partial charge in [-0.05, 0) is 31.7 Å². The van der Waals surface area contributed by atoms with E-state index in [9.17, 15) is 22.2 Å². The van der Waals surface area contributed by atoms with Crippen molar-refractivity contribution in [3.8, 4) is 5.88 Å². The lowest BCUT2D eigenvalue weighted by atomic mass is 10.1. The minimum atomic E-state index is -4.69. The van der Waals surface area contributed by atoms with Crippen LogP contribution in [0.4, 0.5) is 23.7 Å². The number of halogens is 3. The third-order valence-electron chi connectivity index (χ3n) is 5.38. The van der Waals surface area contributed by atoms with E-state index in [0.717, 1.165) is 0 Å². The number of methoxy groups -OCH3 is 1. The molecule has 1 aliphatic carbocycles. The highest BCUT2D eigenvalue weighted by Crippen LogP contribution is 2.39. The van der Waals surface area contributed by atoms with Gasteiger partial charge in [0, 0.05) is 18.4 Å². The Bertz CT molecular complexity index is 1200. The fraction of sp³-hybridized carbons (Fsp3) is 0.500. The Morgan fingerprint density at radius 3 is 2.88 bits per heavy atom. The average molecular weight is 474 g/mol. The lowest BCUT2D eigenvalue weighted by Gasteiger charge is -2.23. The van der Waals surface area contributed by atoms with E-state index in [-0.39, 0.29) is 40.4 Å². The Kier molecular flexibility index (Phi) is 5.63. The van der Waals surface area contributed by atoms with Crippen molar-refractivity contribution in [1.82, 2.24) is 14.8 Å². The maximum absolute atomic E-state index is 13.4. The average Bonchev–Trinajstić information content (AvgIpc) is 3.35. The Balaban J connectivity index is 1.67. The molecule has 2 atom stereocenters. The summed E-state index contributed by atoms with van der Waals surface area (Å²) in [5, 5.41) is 12.2. The molecule has 10 nitrogen and oxygen atoms in total. The van der Waals surface area contributed by atoms with E-state index in [2.05, 4.69) is 19.8 Å². The van der Waals surface area contributed by atoms with Gasteiger partial charge in [0.1, 0.15) is 23.3 Å². The van der Waals surface area contributed by atoms with E-state index < -0.39 is 27.8 Å². The monoisotopic (exact) mass is 474 g/mol. The summed E-state index contributed by atoms with van der Waals surface area (Å²) in [7, 11) is -2.28. The van der Waals surface area contributed by atoms with Crippen molar-refractivity contribution >= 4 is 21.6 Å². The zero-order valence-electron chi connectivity index (χ0n) is 17.2. The Morgan fingerprint density at radius 1 is 1.44 bits per heavy atom. The number of nitrogens with two attached hydrogens (primary N) is 1. The van der Waals surface area contributed by atoms with Crippen molar-refractivity contribution in [3.63, 3.8) is 0 Å². The second-order valence-electron chi connectivity index (χ2n) is 7.49. The normalized spacial score (nSPS) is 19.5. The molecule has 2 aliphatic rings. The van der Waals surface area contributed by atoms with Gasteiger partial charge in [-0.3, -0.25) is 0 Å². The first-order valence-electron chi connectivity index (χ1n) is 9.68. The standard InChI is InChI=1S/C18H21F3N6O4S/c1-9-14(11-4-3-5-12(11)24-15(9)18(19,20)21)25-17(28)26-32(22,29)13-6-23-27-7-10(30-2)8-31-16(13)27/h6,10H,3-5,7-8H2,1-2H3,(H3,22,24,25,26,28,29)/t10-,32+/m1/s1. The second kappa shape index (κ2) is 8.01. The van der Waals surface area contributed by atoms with E-state index >= 15 is 0 Å². The molecule has 0 radical (unpaired) electrons. The van der Waals surface area contributed by atoms with Crippen molar-refractivity contribution in [2.24, 2.45) is 9.50 Å². The maximum atomic E-state index is 13.4. The summed E-state index contributed by atoms with van der Waals surface area (Å²) in [6.07, 6.45) is -2.32. The number of hydrogen-bond donors (Lipinski definition) is 2. The molecule has 0 aromatic carbocycles. The molecule has 0 fully saturated rings. The third kappa shape index (κ3) is 4.04. The fourth-order valence-electron chi connectivity index (χ4n) is 3.82. The van der Waals surface area contributed by atoms with E-state index in [4.69, 9.17) is 14.6 Å². The van der Waals surface area contributed by atoms with Crippen LogP contribution < -0.4 is 15.2 Å². The van der Waals surface area contributed by atoms with Crippen LogP contribution in [-0.2, 0) is 40.2 Å². The Morgan fingerprint density at radius 2 is 2.19 bits per heavy atom. The Labute approximate surface area is 181 Å². The number of pyridine rings is 1. The van der Waals surface area contributed by atoms with Gasteiger partial charge in [-0.1, -0.05) is 0 Å². The number of rotatable bonds is 3. The molecule has 2 aromatic rings. The van der Waals surface area contributed by atoms with Crippen LogP contribution >= 0.6 is 0 Å². The summed E-state index contributed by atoms with van der Waals surface area (Å²) in [4.78, 5) is 16.2. The smallest absolute Gasteiger partial charge is 0.433 e. The first-order chi connectivity index (χ1) is 15.0. The van der Waals surface area contributed by atoms with E-state index in [0.29, 0.717) is 31.4 Å². The molecule has 2 aromatic heterocycles. The molecule has 2 amide bonds. The summed E-state index contributed by atoms with van der Waals surface area (Å²) in [5.41, 5.74) is -0.547. The SMILES string of the molecule is CO[C@H]1COc2c([S@@](N)(=O)=NC(=O)Nc3c(C)c(C(F)(F)F)nc4c3CCC4)cnn2C1.